The first-order valence-electron chi connectivity index (χ1n) is 7.10. The lowest BCUT2D eigenvalue weighted by Crippen LogP contribution is -2.41. The first-order valence-corrected chi connectivity index (χ1v) is 8.59. The summed E-state index contributed by atoms with van der Waals surface area (Å²) in [5.74, 6) is 0.784. The van der Waals surface area contributed by atoms with E-state index in [1.54, 1.807) is 12.1 Å². The van der Waals surface area contributed by atoms with Crippen LogP contribution in [0.3, 0.4) is 0 Å². The van der Waals surface area contributed by atoms with Crippen LogP contribution in [0.4, 0.5) is 0 Å². The normalized spacial score (nSPS) is 16.4. The monoisotopic (exact) mass is 296 g/mol. The number of hydrogen-bond donors (Lipinski definition) is 2. The number of hydrogen-bond acceptors (Lipinski definition) is 3. The molecule has 0 radical (unpaired) electrons. The number of nitrogens with one attached hydrogen (secondary N) is 2. The van der Waals surface area contributed by atoms with E-state index in [9.17, 15) is 8.42 Å². The predicted octanol–water partition coefficient (Wildman–Crippen LogP) is 2.26. The second-order valence-electron chi connectivity index (χ2n) is 6.54. The van der Waals surface area contributed by atoms with Crippen LogP contribution < -0.4 is 10.0 Å². The van der Waals surface area contributed by atoms with Gasteiger partial charge in [0, 0.05) is 12.1 Å². The molecule has 2 N–H and O–H groups in total. The second-order valence-corrected chi connectivity index (χ2v) is 8.19. The van der Waals surface area contributed by atoms with Gasteiger partial charge in [0.05, 0.1) is 4.90 Å². The number of benzene rings is 1. The highest BCUT2D eigenvalue weighted by atomic mass is 32.2. The fourth-order valence-electron chi connectivity index (χ4n) is 2.10. The number of rotatable bonds is 6. The first-order chi connectivity index (χ1) is 9.28. The van der Waals surface area contributed by atoms with Crippen molar-refractivity contribution in [3.8, 4) is 0 Å². The Morgan fingerprint density at radius 1 is 1.20 bits per heavy atom. The molecule has 0 amide bonds. The van der Waals surface area contributed by atoms with Crippen LogP contribution in [-0.2, 0) is 16.6 Å². The molecule has 20 heavy (non-hydrogen) atoms. The minimum Gasteiger partial charge on any atom is -0.312 e. The molecule has 1 saturated carbocycles. The largest absolute Gasteiger partial charge is 0.312 e. The van der Waals surface area contributed by atoms with Crippen molar-refractivity contribution in [1.29, 1.82) is 0 Å². The van der Waals surface area contributed by atoms with E-state index < -0.39 is 15.6 Å². The molecule has 1 aromatic carbocycles. The molecule has 112 valence electrons. The Morgan fingerprint density at radius 2 is 1.85 bits per heavy atom. The Hall–Kier alpha value is -0.910. The molecule has 0 saturated heterocycles. The minimum absolute atomic E-state index is 0.373. The fourth-order valence-corrected chi connectivity index (χ4v) is 3.76. The van der Waals surface area contributed by atoms with Gasteiger partial charge in [0.15, 0.2) is 0 Å². The Morgan fingerprint density at radius 3 is 2.45 bits per heavy atom. The average molecular weight is 296 g/mol. The Kier molecular flexibility index (Phi) is 4.52. The first kappa shape index (κ1) is 15.5. The summed E-state index contributed by atoms with van der Waals surface area (Å²) in [7, 11) is -3.47. The standard InChI is InChI=1S/C15H24N2O2S/c1-15(2,3)17-20(18,19)14-7-5-4-6-13(14)11-16-10-12-8-9-12/h4-7,12,16-17H,8-11H2,1-3H3. The van der Waals surface area contributed by atoms with Gasteiger partial charge < -0.3 is 5.32 Å². The molecule has 0 aliphatic heterocycles. The van der Waals surface area contributed by atoms with Crippen LogP contribution in [0.15, 0.2) is 29.2 Å². The summed E-state index contributed by atoms with van der Waals surface area (Å²) in [6.45, 7) is 7.11. The molecule has 0 spiro atoms. The summed E-state index contributed by atoms with van der Waals surface area (Å²) in [5, 5.41) is 3.35. The maximum Gasteiger partial charge on any atom is 0.241 e. The zero-order valence-corrected chi connectivity index (χ0v) is 13.3. The van der Waals surface area contributed by atoms with Crippen molar-refractivity contribution >= 4 is 10.0 Å². The van der Waals surface area contributed by atoms with Crippen molar-refractivity contribution in [2.24, 2.45) is 5.92 Å². The molecule has 5 heteroatoms. The predicted molar refractivity (Wildman–Crippen MR) is 80.9 cm³/mol. The van der Waals surface area contributed by atoms with E-state index in [1.807, 2.05) is 32.9 Å². The van der Waals surface area contributed by atoms with Gasteiger partial charge in [-0.05, 0) is 57.7 Å². The smallest absolute Gasteiger partial charge is 0.241 e. The molecule has 1 aliphatic carbocycles. The highest BCUT2D eigenvalue weighted by Gasteiger charge is 2.24. The van der Waals surface area contributed by atoms with Crippen LogP contribution in [0.2, 0.25) is 0 Å². The number of sulfonamides is 1. The molecule has 0 bridgehead atoms. The van der Waals surface area contributed by atoms with Crippen molar-refractivity contribution in [2.75, 3.05) is 6.54 Å². The van der Waals surface area contributed by atoms with Crippen LogP contribution in [0.25, 0.3) is 0 Å². The highest BCUT2D eigenvalue weighted by molar-refractivity contribution is 7.89. The molecule has 1 fully saturated rings. The molecular weight excluding hydrogens is 272 g/mol. The van der Waals surface area contributed by atoms with Crippen molar-refractivity contribution in [1.82, 2.24) is 10.0 Å². The molecule has 0 aromatic heterocycles. The molecule has 4 nitrogen and oxygen atoms in total. The lowest BCUT2D eigenvalue weighted by atomic mass is 10.1. The molecule has 2 rings (SSSR count). The third kappa shape index (κ3) is 4.58. The van der Waals surface area contributed by atoms with Gasteiger partial charge in [0.25, 0.3) is 0 Å². The summed E-state index contributed by atoms with van der Waals surface area (Å²) in [5.41, 5.74) is 0.345. The van der Waals surface area contributed by atoms with Gasteiger partial charge >= 0.3 is 0 Å². The Labute approximate surface area is 122 Å². The van der Waals surface area contributed by atoms with Gasteiger partial charge in [-0.25, -0.2) is 13.1 Å². The minimum atomic E-state index is -3.47. The molecule has 0 heterocycles. The molecule has 1 aliphatic rings. The zero-order valence-electron chi connectivity index (χ0n) is 12.4. The third-order valence-electron chi connectivity index (χ3n) is 3.15. The van der Waals surface area contributed by atoms with E-state index in [0.29, 0.717) is 11.4 Å². The summed E-state index contributed by atoms with van der Waals surface area (Å²) in [6, 6.07) is 7.19. The molecule has 1 aromatic rings. The van der Waals surface area contributed by atoms with Gasteiger partial charge in [-0.2, -0.15) is 0 Å². The van der Waals surface area contributed by atoms with Crippen molar-refractivity contribution in [3.63, 3.8) is 0 Å². The third-order valence-corrected chi connectivity index (χ3v) is 5.01. The molecule has 0 atom stereocenters. The lowest BCUT2D eigenvalue weighted by Gasteiger charge is -2.21. The zero-order chi connectivity index (χ0) is 14.8. The van der Waals surface area contributed by atoms with E-state index in [4.69, 9.17) is 0 Å². The highest BCUT2D eigenvalue weighted by Crippen LogP contribution is 2.27. The van der Waals surface area contributed by atoms with E-state index in [2.05, 4.69) is 10.0 Å². The van der Waals surface area contributed by atoms with Crippen LogP contribution in [0, 0.1) is 5.92 Å². The molecular formula is C15H24N2O2S. The van der Waals surface area contributed by atoms with Crippen molar-refractivity contribution < 1.29 is 8.42 Å². The fraction of sp³-hybridized carbons (Fsp3) is 0.600. The quantitative estimate of drug-likeness (QED) is 0.846. The summed E-state index contributed by atoms with van der Waals surface area (Å²) in [4.78, 5) is 0.373. The van der Waals surface area contributed by atoms with Gasteiger partial charge in [0.2, 0.25) is 10.0 Å². The van der Waals surface area contributed by atoms with Crippen LogP contribution in [0.1, 0.15) is 39.2 Å². The summed E-state index contributed by atoms with van der Waals surface area (Å²) < 4.78 is 27.6. The van der Waals surface area contributed by atoms with E-state index in [-0.39, 0.29) is 0 Å². The second kappa shape index (κ2) is 5.84. The van der Waals surface area contributed by atoms with E-state index in [0.717, 1.165) is 18.0 Å². The van der Waals surface area contributed by atoms with Crippen LogP contribution in [0.5, 0.6) is 0 Å². The Balaban J connectivity index is 2.13. The van der Waals surface area contributed by atoms with Gasteiger partial charge in [-0.3, -0.25) is 0 Å². The van der Waals surface area contributed by atoms with Gasteiger partial charge in [0.1, 0.15) is 0 Å². The van der Waals surface area contributed by atoms with Crippen molar-refractivity contribution in [2.45, 2.75) is 50.6 Å². The Bertz CT molecular complexity index is 557. The summed E-state index contributed by atoms with van der Waals surface area (Å²) in [6.07, 6.45) is 2.58. The van der Waals surface area contributed by atoms with Crippen molar-refractivity contribution in [3.05, 3.63) is 29.8 Å². The SMILES string of the molecule is CC(C)(C)NS(=O)(=O)c1ccccc1CNCC1CC1. The lowest BCUT2D eigenvalue weighted by molar-refractivity contribution is 0.490. The molecule has 0 unspecified atom stereocenters. The van der Waals surface area contributed by atoms with E-state index in [1.165, 1.54) is 12.8 Å². The van der Waals surface area contributed by atoms with Gasteiger partial charge in [-0.1, -0.05) is 18.2 Å². The maximum absolute atomic E-state index is 12.4. The van der Waals surface area contributed by atoms with Gasteiger partial charge in [-0.15, -0.1) is 0 Å². The average Bonchev–Trinajstić information content (AvgIpc) is 3.10. The van der Waals surface area contributed by atoms with Crippen LogP contribution >= 0.6 is 0 Å². The van der Waals surface area contributed by atoms with E-state index >= 15 is 0 Å². The summed E-state index contributed by atoms with van der Waals surface area (Å²) >= 11 is 0. The topological polar surface area (TPSA) is 58.2 Å². The van der Waals surface area contributed by atoms with Crippen LogP contribution in [-0.4, -0.2) is 20.5 Å². The maximum atomic E-state index is 12.4.